The monoisotopic (exact) mass is 415 g/mol. The zero-order chi connectivity index (χ0) is 21.0. The standard InChI is InChI=1S/C22H29N3O3S/c1-17-9-7-8-12-20(17)21(18-10-5-4-6-11-18)23-22(26)19-13-15-25(16-14-19)29(27,28)24(2)3/h4-12,19,21H,13-16H2,1-3H3,(H,23,26)/t21-/m0/s1. The third-order valence-corrected chi connectivity index (χ3v) is 7.47. The van der Waals surface area contributed by atoms with Crippen LogP contribution in [0.15, 0.2) is 54.6 Å². The predicted octanol–water partition coefficient (Wildman–Crippen LogP) is 2.72. The minimum Gasteiger partial charge on any atom is -0.345 e. The minimum atomic E-state index is -3.43. The maximum Gasteiger partial charge on any atom is 0.281 e. The number of nitrogens with one attached hydrogen (secondary N) is 1. The van der Waals surface area contributed by atoms with E-state index in [0.29, 0.717) is 25.9 Å². The molecule has 1 N–H and O–H groups in total. The number of hydrogen-bond donors (Lipinski definition) is 1. The molecule has 7 heteroatoms. The highest BCUT2D eigenvalue weighted by atomic mass is 32.2. The summed E-state index contributed by atoms with van der Waals surface area (Å²) in [6, 6.07) is 17.8. The number of hydrogen-bond acceptors (Lipinski definition) is 3. The van der Waals surface area contributed by atoms with Gasteiger partial charge in [-0.2, -0.15) is 17.0 Å². The summed E-state index contributed by atoms with van der Waals surface area (Å²) in [5, 5.41) is 3.22. The molecule has 6 nitrogen and oxygen atoms in total. The van der Waals surface area contributed by atoms with Crippen molar-refractivity contribution in [2.24, 2.45) is 5.92 Å². The molecule has 1 heterocycles. The van der Waals surface area contributed by atoms with E-state index < -0.39 is 10.2 Å². The van der Waals surface area contributed by atoms with Gasteiger partial charge in [-0.3, -0.25) is 4.79 Å². The van der Waals surface area contributed by atoms with Crippen molar-refractivity contribution in [1.82, 2.24) is 13.9 Å². The number of rotatable bonds is 6. The van der Waals surface area contributed by atoms with Crippen molar-refractivity contribution in [3.8, 4) is 0 Å². The first-order valence-electron chi connectivity index (χ1n) is 9.89. The van der Waals surface area contributed by atoms with Crippen molar-refractivity contribution in [3.63, 3.8) is 0 Å². The molecule has 2 aromatic carbocycles. The Morgan fingerprint density at radius 2 is 1.62 bits per heavy atom. The van der Waals surface area contributed by atoms with Gasteiger partial charge in [0.05, 0.1) is 6.04 Å². The number of carbonyl (C=O) groups is 1. The molecule has 0 radical (unpaired) electrons. The first kappa shape index (κ1) is 21.5. The molecule has 0 unspecified atom stereocenters. The Kier molecular flexibility index (Phi) is 6.72. The lowest BCUT2D eigenvalue weighted by molar-refractivity contribution is -0.126. The fourth-order valence-electron chi connectivity index (χ4n) is 3.74. The van der Waals surface area contributed by atoms with Crippen molar-refractivity contribution >= 4 is 16.1 Å². The van der Waals surface area contributed by atoms with Crippen LogP contribution in [-0.2, 0) is 15.0 Å². The Bertz CT molecular complexity index is 937. The van der Waals surface area contributed by atoms with E-state index in [4.69, 9.17) is 0 Å². The van der Waals surface area contributed by atoms with Crippen LogP contribution in [0.5, 0.6) is 0 Å². The van der Waals surface area contributed by atoms with E-state index in [1.165, 1.54) is 22.7 Å². The molecular formula is C22H29N3O3S. The first-order chi connectivity index (χ1) is 13.8. The summed E-state index contributed by atoms with van der Waals surface area (Å²) in [5.41, 5.74) is 3.22. The second-order valence-corrected chi connectivity index (χ2v) is 9.81. The van der Waals surface area contributed by atoms with Gasteiger partial charge >= 0.3 is 0 Å². The van der Waals surface area contributed by atoms with Crippen LogP contribution in [0.25, 0.3) is 0 Å². The Balaban J connectivity index is 1.74. The van der Waals surface area contributed by atoms with E-state index in [9.17, 15) is 13.2 Å². The van der Waals surface area contributed by atoms with Crippen molar-refractivity contribution in [2.75, 3.05) is 27.2 Å². The Morgan fingerprint density at radius 3 is 2.21 bits per heavy atom. The molecule has 1 aliphatic heterocycles. The summed E-state index contributed by atoms with van der Waals surface area (Å²) < 4.78 is 27.3. The van der Waals surface area contributed by atoms with Gasteiger partial charge in [-0.1, -0.05) is 54.6 Å². The lowest BCUT2D eigenvalue weighted by Crippen LogP contribution is -2.47. The number of aryl methyl sites for hydroxylation is 1. The molecule has 1 aliphatic rings. The summed E-state index contributed by atoms with van der Waals surface area (Å²) >= 11 is 0. The molecule has 2 aromatic rings. The highest BCUT2D eigenvalue weighted by Crippen LogP contribution is 2.27. The van der Waals surface area contributed by atoms with Crippen LogP contribution in [-0.4, -0.2) is 50.1 Å². The second-order valence-electron chi connectivity index (χ2n) is 7.67. The molecular weight excluding hydrogens is 386 g/mol. The third kappa shape index (κ3) is 4.86. The molecule has 3 rings (SSSR count). The molecule has 1 atom stereocenters. The smallest absolute Gasteiger partial charge is 0.281 e. The van der Waals surface area contributed by atoms with Crippen LogP contribution >= 0.6 is 0 Å². The molecule has 0 aliphatic carbocycles. The van der Waals surface area contributed by atoms with Gasteiger partial charge in [0.25, 0.3) is 10.2 Å². The van der Waals surface area contributed by atoms with Gasteiger partial charge in [-0.15, -0.1) is 0 Å². The zero-order valence-corrected chi connectivity index (χ0v) is 18.0. The summed E-state index contributed by atoms with van der Waals surface area (Å²) in [7, 11) is -0.372. The van der Waals surface area contributed by atoms with Gasteiger partial charge in [-0.05, 0) is 36.5 Å². The molecule has 156 valence electrons. The van der Waals surface area contributed by atoms with Gasteiger partial charge in [-0.25, -0.2) is 0 Å². The minimum absolute atomic E-state index is 0.0241. The fraction of sp³-hybridized carbons (Fsp3) is 0.409. The lowest BCUT2D eigenvalue weighted by atomic mass is 9.92. The first-order valence-corrected chi connectivity index (χ1v) is 11.3. The van der Waals surface area contributed by atoms with E-state index in [1.807, 2.05) is 61.5 Å². The quantitative estimate of drug-likeness (QED) is 0.789. The number of amides is 1. The molecule has 0 aromatic heterocycles. The highest BCUT2D eigenvalue weighted by molar-refractivity contribution is 7.86. The number of nitrogens with zero attached hydrogens (tertiary/aromatic N) is 2. The van der Waals surface area contributed by atoms with Crippen LogP contribution in [0.2, 0.25) is 0 Å². The van der Waals surface area contributed by atoms with Crippen molar-refractivity contribution in [1.29, 1.82) is 0 Å². The van der Waals surface area contributed by atoms with Crippen molar-refractivity contribution < 1.29 is 13.2 Å². The molecule has 1 saturated heterocycles. The van der Waals surface area contributed by atoms with Crippen molar-refractivity contribution in [2.45, 2.75) is 25.8 Å². The van der Waals surface area contributed by atoms with Crippen LogP contribution in [0.4, 0.5) is 0 Å². The summed E-state index contributed by atoms with van der Waals surface area (Å²) in [4.78, 5) is 13.1. The average molecular weight is 416 g/mol. The summed E-state index contributed by atoms with van der Waals surface area (Å²) in [6.07, 6.45) is 1.04. The topological polar surface area (TPSA) is 69.7 Å². The van der Waals surface area contributed by atoms with Crippen LogP contribution in [0.3, 0.4) is 0 Å². The molecule has 0 bridgehead atoms. The average Bonchev–Trinajstić information content (AvgIpc) is 2.73. The van der Waals surface area contributed by atoms with Crippen LogP contribution in [0.1, 0.15) is 35.6 Å². The largest absolute Gasteiger partial charge is 0.345 e. The molecule has 0 spiro atoms. The zero-order valence-electron chi connectivity index (χ0n) is 17.2. The molecule has 29 heavy (non-hydrogen) atoms. The summed E-state index contributed by atoms with van der Waals surface area (Å²) in [6.45, 7) is 2.76. The van der Waals surface area contributed by atoms with E-state index in [0.717, 1.165) is 16.7 Å². The predicted molar refractivity (Wildman–Crippen MR) is 115 cm³/mol. The normalized spacial score (nSPS) is 17.2. The highest BCUT2D eigenvalue weighted by Gasteiger charge is 2.33. The Morgan fingerprint density at radius 1 is 1.03 bits per heavy atom. The number of benzene rings is 2. The van der Waals surface area contributed by atoms with E-state index in [-0.39, 0.29) is 17.9 Å². The Labute approximate surface area is 173 Å². The van der Waals surface area contributed by atoms with Crippen molar-refractivity contribution in [3.05, 3.63) is 71.3 Å². The lowest BCUT2D eigenvalue weighted by Gasteiger charge is -2.33. The van der Waals surface area contributed by atoms with Crippen LogP contribution in [0, 0.1) is 12.8 Å². The van der Waals surface area contributed by atoms with Gasteiger partial charge in [0.15, 0.2) is 0 Å². The van der Waals surface area contributed by atoms with Gasteiger partial charge < -0.3 is 5.32 Å². The van der Waals surface area contributed by atoms with Gasteiger partial charge in [0.2, 0.25) is 5.91 Å². The molecule has 1 fully saturated rings. The molecule has 1 amide bonds. The van der Waals surface area contributed by atoms with E-state index in [2.05, 4.69) is 5.32 Å². The maximum atomic E-state index is 13.1. The SMILES string of the molecule is Cc1ccccc1[C@@H](NC(=O)C1CCN(S(=O)(=O)N(C)C)CC1)c1ccccc1. The van der Waals surface area contributed by atoms with Crippen LogP contribution < -0.4 is 5.32 Å². The van der Waals surface area contributed by atoms with E-state index >= 15 is 0 Å². The third-order valence-electron chi connectivity index (χ3n) is 5.53. The second kappa shape index (κ2) is 9.07. The number of carbonyl (C=O) groups excluding carboxylic acids is 1. The fourth-order valence-corrected chi connectivity index (χ4v) is 4.87. The van der Waals surface area contributed by atoms with E-state index in [1.54, 1.807) is 0 Å². The summed E-state index contributed by atoms with van der Waals surface area (Å²) in [5.74, 6) is -0.220. The molecule has 0 saturated carbocycles. The number of piperidine rings is 1. The van der Waals surface area contributed by atoms with Gasteiger partial charge in [0.1, 0.15) is 0 Å². The Hall–Kier alpha value is -2.22. The van der Waals surface area contributed by atoms with Gasteiger partial charge in [0, 0.05) is 33.1 Å². The maximum absolute atomic E-state index is 13.1.